The van der Waals surface area contributed by atoms with Crippen molar-refractivity contribution in [2.45, 2.75) is 13.0 Å². The Morgan fingerprint density at radius 1 is 1.28 bits per heavy atom. The van der Waals surface area contributed by atoms with Crippen molar-refractivity contribution in [3.8, 4) is 11.5 Å². The summed E-state index contributed by atoms with van der Waals surface area (Å²) in [5, 5.41) is 3.09. The van der Waals surface area contributed by atoms with Crippen LogP contribution in [-0.2, 0) is 16.7 Å². The van der Waals surface area contributed by atoms with Gasteiger partial charge in [0, 0.05) is 6.54 Å². The van der Waals surface area contributed by atoms with E-state index in [2.05, 4.69) is 5.32 Å². The van der Waals surface area contributed by atoms with Gasteiger partial charge in [-0.2, -0.15) is 8.42 Å². The highest BCUT2D eigenvalue weighted by Crippen LogP contribution is 2.32. The van der Waals surface area contributed by atoms with E-state index in [9.17, 15) is 8.42 Å². The molecule has 0 amide bonds. The van der Waals surface area contributed by atoms with Crippen molar-refractivity contribution in [2.75, 3.05) is 19.1 Å². The van der Waals surface area contributed by atoms with Crippen LogP contribution in [0.1, 0.15) is 12.0 Å². The Hall–Kier alpha value is -1.31. The van der Waals surface area contributed by atoms with Gasteiger partial charge in [0.25, 0.3) is 10.1 Å². The summed E-state index contributed by atoms with van der Waals surface area (Å²) in [6.45, 7) is 1.39. The van der Waals surface area contributed by atoms with Crippen LogP contribution < -0.4 is 14.8 Å². The Bertz CT molecular complexity index is 514. The summed E-state index contributed by atoms with van der Waals surface area (Å²) >= 11 is 0. The van der Waals surface area contributed by atoms with Crippen molar-refractivity contribution in [2.24, 2.45) is 0 Å². The molecule has 0 atom stereocenters. The molecule has 0 unspecified atom stereocenters. The second-order valence-electron chi connectivity index (χ2n) is 4.00. The first kappa shape index (κ1) is 13.1. The maximum absolute atomic E-state index is 10.5. The number of nitrogens with one attached hydrogen (secondary N) is 1. The van der Waals surface area contributed by atoms with Gasteiger partial charge in [0.2, 0.25) is 6.79 Å². The standard InChI is InChI=1S/C11H15NO5S/c13-18(14,15)5-1-4-12-7-9-2-3-10-11(6-9)17-8-16-10/h2-3,6,12H,1,4-5,7-8H2,(H,13,14,15). The highest BCUT2D eigenvalue weighted by atomic mass is 32.2. The van der Waals surface area contributed by atoms with E-state index in [4.69, 9.17) is 14.0 Å². The zero-order chi connectivity index (χ0) is 13.0. The van der Waals surface area contributed by atoms with E-state index >= 15 is 0 Å². The first-order chi connectivity index (χ1) is 8.54. The molecule has 2 N–H and O–H groups in total. The average Bonchev–Trinajstić information content (AvgIpc) is 2.74. The molecule has 0 bridgehead atoms. The predicted molar refractivity (Wildman–Crippen MR) is 65.3 cm³/mol. The van der Waals surface area contributed by atoms with Gasteiger partial charge in [0.15, 0.2) is 11.5 Å². The molecule has 1 aromatic rings. The van der Waals surface area contributed by atoms with E-state index in [0.29, 0.717) is 19.5 Å². The molecule has 0 saturated heterocycles. The normalized spacial score (nSPS) is 13.8. The van der Waals surface area contributed by atoms with Gasteiger partial charge < -0.3 is 14.8 Å². The van der Waals surface area contributed by atoms with Crippen molar-refractivity contribution in [3.63, 3.8) is 0 Å². The fourth-order valence-corrected chi connectivity index (χ4v) is 2.17. The highest BCUT2D eigenvalue weighted by Gasteiger charge is 2.12. The minimum absolute atomic E-state index is 0.221. The monoisotopic (exact) mass is 273 g/mol. The van der Waals surface area contributed by atoms with E-state index < -0.39 is 10.1 Å². The third-order valence-electron chi connectivity index (χ3n) is 2.52. The van der Waals surface area contributed by atoms with Crippen molar-refractivity contribution in [1.29, 1.82) is 0 Å². The fraction of sp³-hybridized carbons (Fsp3) is 0.455. The minimum Gasteiger partial charge on any atom is -0.454 e. The van der Waals surface area contributed by atoms with Crippen molar-refractivity contribution >= 4 is 10.1 Å². The van der Waals surface area contributed by atoms with Gasteiger partial charge >= 0.3 is 0 Å². The molecule has 0 spiro atoms. The Morgan fingerprint density at radius 3 is 2.83 bits per heavy atom. The van der Waals surface area contributed by atoms with Crippen LogP contribution in [0.5, 0.6) is 11.5 Å². The summed E-state index contributed by atoms with van der Waals surface area (Å²) in [7, 11) is -3.85. The lowest BCUT2D eigenvalue weighted by atomic mass is 10.2. The molecule has 100 valence electrons. The lowest BCUT2D eigenvalue weighted by Gasteiger charge is -2.05. The van der Waals surface area contributed by atoms with Crippen LogP contribution in [0.4, 0.5) is 0 Å². The summed E-state index contributed by atoms with van der Waals surface area (Å²) in [6.07, 6.45) is 0.378. The average molecular weight is 273 g/mol. The van der Waals surface area contributed by atoms with E-state index in [1.165, 1.54) is 0 Å². The molecule has 0 saturated carbocycles. The molecule has 2 rings (SSSR count). The van der Waals surface area contributed by atoms with E-state index in [0.717, 1.165) is 17.1 Å². The number of benzene rings is 1. The largest absolute Gasteiger partial charge is 0.454 e. The summed E-state index contributed by atoms with van der Waals surface area (Å²) in [5.74, 6) is 1.25. The third kappa shape index (κ3) is 3.86. The molecule has 1 heterocycles. The van der Waals surface area contributed by atoms with E-state index in [1.807, 2.05) is 18.2 Å². The van der Waals surface area contributed by atoms with Gasteiger partial charge in [-0.15, -0.1) is 0 Å². The van der Waals surface area contributed by atoms with Crippen LogP contribution in [0.15, 0.2) is 18.2 Å². The van der Waals surface area contributed by atoms with Gasteiger partial charge in [0.1, 0.15) is 0 Å². The molecule has 18 heavy (non-hydrogen) atoms. The second kappa shape index (κ2) is 5.55. The maximum atomic E-state index is 10.5. The molecule has 1 aliphatic rings. The quantitative estimate of drug-likeness (QED) is 0.588. The second-order valence-corrected chi connectivity index (χ2v) is 5.58. The summed E-state index contributed by atoms with van der Waals surface area (Å²) < 4.78 is 40.0. The van der Waals surface area contributed by atoms with Crippen LogP contribution in [0.25, 0.3) is 0 Å². The van der Waals surface area contributed by atoms with Crippen LogP contribution in [0, 0.1) is 0 Å². The Kier molecular flexibility index (Phi) is 4.05. The number of hydrogen-bond donors (Lipinski definition) is 2. The topological polar surface area (TPSA) is 84.9 Å². The minimum atomic E-state index is -3.85. The van der Waals surface area contributed by atoms with Crippen molar-refractivity contribution < 1.29 is 22.4 Å². The van der Waals surface area contributed by atoms with Gasteiger partial charge in [-0.1, -0.05) is 6.07 Å². The lowest BCUT2D eigenvalue weighted by Crippen LogP contribution is -2.17. The van der Waals surface area contributed by atoms with Crippen molar-refractivity contribution in [3.05, 3.63) is 23.8 Å². The Labute approximate surface area is 106 Å². The summed E-state index contributed by atoms with van der Waals surface area (Å²) in [5.41, 5.74) is 1.03. The molecule has 0 aromatic heterocycles. The predicted octanol–water partition coefficient (Wildman–Crippen LogP) is 0.783. The molecular formula is C11H15NO5S. The van der Waals surface area contributed by atoms with Gasteiger partial charge in [-0.05, 0) is 30.7 Å². The van der Waals surface area contributed by atoms with Crippen LogP contribution in [0.3, 0.4) is 0 Å². The molecule has 0 fully saturated rings. The molecule has 1 aromatic carbocycles. The zero-order valence-corrected chi connectivity index (χ0v) is 10.6. The summed E-state index contributed by atoms with van der Waals surface area (Å²) in [6, 6.07) is 5.65. The van der Waals surface area contributed by atoms with Gasteiger partial charge in [-0.25, -0.2) is 0 Å². The first-order valence-electron chi connectivity index (χ1n) is 5.59. The summed E-state index contributed by atoms with van der Waals surface area (Å²) in [4.78, 5) is 0. The lowest BCUT2D eigenvalue weighted by molar-refractivity contribution is 0.174. The molecular weight excluding hydrogens is 258 g/mol. The SMILES string of the molecule is O=S(=O)(O)CCCNCc1ccc2c(c1)OCO2. The van der Waals surface area contributed by atoms with Gasteiger partial charge in [-0.3, -0.25) is 4.55 Å². The molecule has 1 aliphatic heterocycles. The molecule has 0 radical (unpaired) electrons. The van der Waals surface area contributed by atoms with Crippen molar-refractivity contribution in [1.82, 2.24) is 5.32 Å². The molecule has 7 heteroatoms. The van der Waals surface area contributed by atoms with Crippen LogP contribution >= 0.6 is 0 Å². The van der Waals surface area contributed by atoms with Gasteiger partial charge in [0.05, 0.1) is 5.75 Å². The number of rotatable bonds is 6. The first-order valence-corrected chi connectivity index (χ1v) is 7.20. The molecule has 0 aliphatic carbocycles. The highest BCUT2D eigenvalue weighted by molar-refractivity contribution is 7.85. The van der Waals surface area contributed by atoms with E-state index in [1.54, 1.807) is 0 Å². The smallest absolute Gasteiger partial charge is 0.264 e. The Morgan fingerprint density at radius 2 is 2.06 bits per heavy atom. The zero-order valence-electron chi connectivity index (χ0n) is 9.76. The van der Waals surface area contributed by atoms with E-state index in [-0.39, 0.29) is 12.5 Å². The number of hydrogen-bond acceptors (Lipinski definition) is 5. The fourth-order valence-electron chi connectivity index (χ4n) is 1.66. The molecule has 6 nitrogen and oxygen atoms in total. The van der Waals surface area contributed by atoms with Crippen LogP contribution in [-0.4, -0.2) is 32.1 Å². The Balaban J connectivity index is 1.74. The third-order valence-corrected chi connectivity index (χ3v) is 3.33. The number of fused-ring (bicyclic) bond motifs is 1. The number of ether oxygens (including phenoxy) is 2. The van der Waals surface area contributed by atoms with Crippen LogP contribution in [0.2, 0.25) is 0 Å². The maximum Gasteiger partial charge on any atom is 0.264 e.